The number of likely N-dealkylation sites (tertiary alicyclic amines) is 1. The number of benzene rings is 1. The molecule has 0 N–H and O–H groups in total. The number of methoxy groups -OCH3 is 1. The Labute approximate surface area is 232 Å². The third-order valence-corrected chi connectivity index (χ3v) is 9.06. The summed E-state index contributed by atoms with van der Waals surface area (Å²) in [5, 5.41) is 0.0230. The molecule has 5 rings (SSSR count). The molecule has 0 aliphatic carbocycles. The second kappa shape index (κ2) is 9.89. The maximum absolute atomic E-state index is 14.9. The van der Waals surface area contributed by atoms with Crippen molar-refractivity contribution in [3.05, 3.63) is 76.6 Å². The van der Waals surface area contributed by atoms with Gasteiger partial charge in [0.15, 0.2) is 10.6 Å². The van der Waals surface area contributed by atoms with Gasteiger partial charge in [0.05, 0.1) is 18.8 Å². The number of hydrogen-bond acceptors (Lipinski definition) is 8. The van der Waals surface area contributed by atoms with Gasteiger partial charge >= 0.3 is 0 Å². The van der Waals surface area contributed by atoms with Crippen molar-refractivity contribution >= 4 is 39.1 Å². The first-order valence-electron chi connectivity index (χ1n) is 12.3. The quantitative estimate of drug-likeness (QED) is 0.445. The number of likely N-dealkylation sites (N-methyl/N-ethyl adjacent to an activating group) is 1. The van der Waals surface area contributed by atoms with Gasteiger partial charge < -0.3 is 9.64 Å². The summed E-state index contributed by atoms with van der Waals surface area (Å²) in [7, 11) is 0.259. The smallest absolute Gasteiger partial charge is 0.288 e. The third-order valence-electron chi connectivity index (χ3n) is 7.21. The minimum Gasteiger partial charge on any atom is -0.481 e. The summed E-state index contributed by atoms with van der Waals surface area (Å²) in [5.41, 5.74) is -0.245. The molecule has 1 unspecified atom stereocenters. The van der Waals surface area contributed by atoms with Crippen molar-refractivity contribution < 1.29 is 22.7 Å². The third kappa shape index (κ3) is 4.07. The monoisotopic (exact) mass is 569 g/mol. The van der Waals surface area contributed by atoms with E-state index in [-0.39, 0.29) is 22.5 Å². The number of aryl methyl sites for hydroxylation is 1. The number of hydrogen-bond donors (Lipinski definition) is 0. The molecule has 12 heteroatoms. The van der Waals surface area contributed by atoms with Crippen LogP contribution in [0.3, 0.4) is 0 Å². The number of sulfonamides is 1. The van der Waals surface area contributed by atoms with Crippen LogP contribution in [0.15, 0.2) is 59.9 Å². The van der Waals surface area contributed by atoms with Crippen LogP contribution < -0.4 is 9.04 Å². The SMILES string of the molecule is COc1ncccc1C1(N2CCC[C@H]2C(=O)N(C)C)C(=O)N(S(=O)(=O)c2ccc(C)cn2)c2ccc(Cl)cc21. The van der Waals surface area contributed by atoms with Crippen molar-refractivity contribution in [2.45, 2.75) is 36.4 Å². The van der Waals surface area contributed by atoms with Gasteiger partial charge in [-0.25, -0.2) is 9.97 Å². The topological polar surface area (TPSA) is 113 Å². The molecule has 0 radical (unpaired) electrons. The lowest BCUT2D eigenvalue weighted by Gasteiger charge is -2.41. The fourth-order valence-electron chi connectivity index (χ4n) is 5.53. The largest absolute Gasteiger partial charge is 0.481 e. The standard InChI is InChI=1S/C27H28ClN5O5S/c1-17-9-12-23(30-16-17)39(36,37)33-21-11-10-18(28)15-20(21)27(26(33)35,19-7-5-13-29-24(19)38-4)32-14-6-8-22(32)25(34)31(2)3/h5,7,9-13,15-16,22H,6,8,14H2,1-4H3/t22-,27?/m0/s1. The molecular formula is C27H28ClN5O5S. The normalized spacial score (nSPS) is 21.2. The van der Waals surface area contributed by atoms with Gasteiger partial charge in [0, 0.05) is 49.2 Å². The second-order valence-corrected chi connectivity index (χ2v) is 11.9. The van der Waals surface area contributed by atoms with E-state index in [0.717, 1.165) is 9.87 Å². The molecule has 0 spiro atoms. The number of fused-ring (bicyclic) bond motifs is 1. The van der Waals surface area contributed by atoms with Crippen molar-refractivity contribution in [3.8, 4) is 5.88 Å². The van der Waals surface area contributed by atoms with Gasteiger partial charge in [-0.2, -0.15) is 12.7 Å². The zero-order valence-electron chi connectivity index (χ0n) is 22.0. The summed E-state index contributed by atoms with van der Waals surface area (Å²) in [6, 6.07) is 10.2. The zero-order chi connectivity index (χ0) is 28.1. The van der Waals surface area contributed by atoms with E-state index in [4.69, 9.17) is 16.3 Å². The van der Waals surface area contributed by atoms with Crippen LogP contribution in [0.2, 0.25) is 5.02 Å². The highest BCUT2D eigenvalue weighted by Gasteiger charge is 2.63. The van der Waals surface area contributed by atoms with Crippen molar-refractivity contribution in [2.24, 2.45) is 0 Å². The number of pyridine rings is 2. The summed E-state index contributed by atoms with van der Waals surface area (Å²) in [4.78, 5) is 40.0. The molecule has 39 heavy (non-hydrogen) atoms. The lowest BCUT2D eigenvalue weighted by molar-refractivity contribution is -0.138. The van der Waals surface area contributed by atoms with Crippen LogP contribution in [0.25, 0.3) is 0 Å². The Morgan fingerprint density at radius 1 is 1.15 bits per heavy atom. The number of nitrogens with zero attached hydrogens (tertiary/aromatic N) is 5. The Balaban J connectivity index is 1.85. The highest BCUT2D eigenvalue weighted by Crippen LogP contribution is 2.54. The molecule has 4 heterocycles. The molecule has 1 saturated heterocycles. The first kappa shape index (κ1) is 27.0. The number of amides is 2. The number of aromatic nitrogens is 2. The molecule has 10 nitrogen and oxygen atoms in total. The zero-order valence-corrected chi connectivity index (χ0v) is 23.5. The molecule has 2 amide bonds. The van der Waals surface area contributed by atoms with E-state index in [1.807, 2.05) is 0 Å². The van der Waals surface area contributed by atoms with Crippen LogP contribution in [0.4, 0.5) is 5.69 Å². The van der Waals surface area contributed by atoms with E-state index in [2.05, 4.69) is 9.97 Å². The highest BCUT2D eigenvalue weighted by atomic mass is 35.5. The van der Waals surface area contributed by atoms with Crippen LogP contribution in [-0.2, 0) is 25.2 Å². The fourth-order valence-corrected chi connectivity index (χ4v) is 7.08. The molecule has 2 aliphatic rings. The Hall–Kier alpha value is -3.54. The first-order valence-corrected chi connectivity index (χ1v) is 14.2. The Morgan fingerprint density at radius 3 is 2.59 bits per heavy atom. The van der Waals surface area contributed by atoms with Crippen molar-refractivity contribution in [2.75, 3.05) is 32.1 Å². The van der Waals surface area contributed by atoms with Crippen molar-refractivity contribution in [1.29, 1.82) is 0 Å². The van der Waals surface area contributed by atoms with Crippen LogP contribution >= 0.6 is 11.6 Å². The van der Waals surface area contributed by atoms with E-state index in [0.29, 0.717) is 35.5 Å². The first-order chi connectivity index (χ1) is 18.5. The summed E-state index contributed by atoms with van der Waals surface area (Å²) in [6.07, 6.45) is 4.05. The minimum absolute atomic E-state index is 0.126. The van der Waals surface area contributed by atoms with Crippen LogP contribution in [0, 0.1) is 6.92 Å². The summed E-state index contributed by atoms with van der Waals surface area (Å²) >= 11 is 6.48. The van der Waals surface area contributed by atoms with E-state index < -0.39 is 27.5 Å². The van der Waals surface area contributed by atoms with Gasteiger partial charge in [0.1, 0.15) is 0 Å². The second-order valence-electron chi connectivity index (χ2n) is 9.76. The van der Waals surface area contributed by atoms with Gasteiger partial charge in [0.25, 0.3) is 15.9 Å². The fraction of sp³-hybridized carbons (Fsp3) is 0.333. The maximum Gasteiger partial charge on any atom is 0.288 e. The molecule has 0 saturated carbocycles. The lowest BCUT2D eigenvalue weighted by Crippen LogP contribution is -2.59. The Kier molecular flexibility index (Phi) is 6.86. The van der Waals surface area contributed by atoms with Crippen molar-refractivity contribution in [1.82, 2.24) is 19.8 Å². The maximum atomic E-state index is 14.9. The van der Waals surface area contributed by atoms with Gasteiger partial charge in [-0.05, 0) is 61.7 Å². The molecule has 2 aliphatic heterocycles. The number of carbonyl (C=O) groups is 2. The van der Waals surface area contributed by atoms with Crippen molar-refractivity contribution in [3.63, 3.8) is 0 Å². The Morgan fingerprint density at radius 2 is 1.92 bits per heavy atom. The minimum atomic E-state index is -4.47. The number of carbonyl (C=O) groups excluding carboxylic acids is 2. The molecule has 1 aromatic carbocycles. The number of anilines is 1. The predicted molar refractivity (Wildman–Crippen MR) is 145 cm³/mol. The summed E-state index contributed by atoms with van der Waals surface area (Å²) in [6.45, 7) is 2.13. The molecule has 2 atom stereocenters. The number of halogens is 1. The van der Waals surface area contributed by atoms with E-state index in [1.165, 1.54) is 42.6 Å². The highest BCUT2D eigenvalue weighted by molar-refractivity contribution is 7.93. The van der Waals surface area contributed by atoms with Crippen LogP contribution in [0.5, 0.6) is 5.88 Å². The molecule has 1 fully saturated rings. The average molecular weight is 570 g/mol. The summed E-state index contributed by atoms with van der Waals surface area (Å²) in [5.74, 6) is -0.855. The predicted octanol–water partition coefficient (Wildman–Crippen LogP) is 2.98. The molecule has 3 aromatic rings. The number of rotatable bonds is 6. The van der Waals surface area contributed by atoms with Crippen LogP contribution in [-0.4, -0.2) is 73.8 Å². The van der Waals surface area contributed by atoms with E-state index >= 15 is 0 Å². The van der Waals surface area contributed by atoms with Gasteiger partial charge in [-0.3, -0.25) is 14.5 Å². The Bertz CT molecular complexity index is 1560. The van der Waals surface area contributed by atoms with E-state index in [9.17, 15) is 18.0 Å². The van der Waals surface area contributed by atoms with E-state index in [1.54, 1.807) is 50.2 Å². The number of ether oxygens (including phenoxy) is 1. The van der Waals surface area contributed by atoms with Crippen LogP contribution in [0.1, 0.15) is 29.5 Å². The van der Waals surface area contributed by atoms with Gasteiger partial charge in [-0.15, -0.1) is 0 Å². The molecule has 2 aromatic heterocycles. The molecule has 0 bridgehead atoms. The average Bonchev–Trinajstić information content (AvgIpc) is 3.49. The van der Waals surface area contributed by atoms with Gasteiger partial charge in [-0.1, -0.05) is 17.7 Å². The summed E-state index contributed by atoms with van der Waals surface area (Å²) < 4.78 is 34.5. The lowest BCUT2D eigenvalue weighted by atomic mass is 9.81. The molecule has 204 valence electrons. The molecular weight excluding hydrogens is 542 g/mol. The van der Waals surface area contributed by atoms with Gasteiger partial charge in [0.2, 0.25) is 11.8 Å².